The lowest BCUT2D eigenvalue weighted by Crippen LogP contribution is -2.50. The number of phenolic OH excluding ortho intramolecular Hbond substituents is 2. The van der Waals surface area contributed by atoms with Crippen molar-refractivity contribution in [3.63, 3.8) is 0 Å². The van der Waals surface area contributed by atoms with Crippen molar-refractivity contribution < 1.29 is 10.2 Å². The van der Waals surface area contributed by atoms with Gasteiger partial charge in [-0.15, -0.1) is 0 Å². The summed E-state index contributed by atoms with van der Waals surface area (Å²) < 4.78 is 0. The molecule has 0 amide bonds. The van der Waals surface area contributed by atoms with E-state index < -0.39 is 0 Å². The maximum atomic E-state index is 10.2. The SMILES string of the molecule is CCN(CCN1CCN(c2ccnc3c(O)cccc23)CC1)C1CCc2ccc(O)cc2C1. The maximum absolute atomic E-state index is 10.2. The zero-order valence-electron chi connectivity index (χ0n) is 19.5. The number of hydrogen-bond donors (Lipinski definition) is 2. The highest BCUT2D eigenvalue weighted by Crippen LogP contribution is 2.31. The van der Waals surface area contributed by atoms with E-state index >= 15 is 0 Å². The maximum Gasteiger partial charge on any atom is 0.141 e. The topological polar surface area (TPSA) is 63.1 Å². The number of piperazine rings is 1. The predicted molar refractivity (Wildman–Crippen MR) is 133 cm³/mol. The van der Waals surface area contributed by atoms with E-state index in [9.17, 15) is 10.2 Å². The van der Waals surface area contributed by atoms with Gasteiger partial charge in [-0.3, -0.25) is 14.8 Å². The van der Waals surface area contributed by atoms with Crippen LogP contribution in [0, 0.1) is 0 Å². The van der Waals surface area contributed by atoms with Gasteiger partial charge in [0, 0.05) is 62.6 Å². The summed E-state index contributed by atoms with van der Waals surface area (Å²) in [6, 6.07) is 14.1. The van der Waals surface area contributed by atoms with Crippen molar-refractivity contribution in [2.75, 3.05) is 50.7 Å². The zero-order valence-corrected chi connectivity index (χ0v) is 19.5. The van der Waals surface area contributed by atoms with Crippen molar-refractivity contribution >= 4 is 16.6 Å². The first kappa shape index (κ1) is 22.0. The summed E-state index contributed by atoms with van der Waals surface area (Å²) in [7, 11) is 0. The molecule has 33 heavy (non-hydrogen) atoms. The first-order chi connectivity index (χ1) is 16.1. The number of fused-ring (bicyclic) bond motifs is 2. The second kappa shape index (κ2) is 9.57. The Morgan fingerprint density at radius 1 is 1.03 bits per heavy atom. The minimum absolute atomic E-state index is 0.244. The number of nitrogens with zero attached hydrogens (tertiary/aromatic N) is 4. The molecule has 0 spiro atoms. The molecule has 1 aliphatic carbocycles. The zero-order chi connectivity index (χ0) is 22.8. The minimum Gasteiger partial charge on any atom is -0.508 e. The number of rotatable bonds is 6. The number of likely N-dealkylation sites (N-methyl/N-ethyl adjacent to an activating group) is 1. The van der Waals surface area contributed by atoms with Crippen LogP contribution in [0.5, 0.6) is 11.5 Å². The lowest BCUT2D eigenvalue weighted by molar-refractivity contribution is 0.152. The van der Waals surface area contributed by atoms with Gasteiger partial charge in [0.2, 0.25) is 0 Å². The Labute approximate surface area is 196 Å². The molecule has 2 heterocycles. The third-order valence-electron chi connectivity index (χ3n) is 7.46. The average molecular weight is 447 g/mol. The molecule has 1 saturated heterocycles. The fourth-order valence-electron chi connectivity index (χ4n) is 5.54. The second-order valence-corrected chi connectivity index (χ2v) is 9.31. The Morgan fingerprint density at radius 3 is 2.70 bits per heavy atom. The quantitative estimate of drug-likeness (QED) is 0.603. The summed E-state index contributed by atoms with van der Waals surface area (Å²) in [6.07, 6.45) is 5.13. The van der Waals surface area contributed by atoms with Crippen molar-refractivity contribution in [1.82, 2.24) is 14.8 Å². The highest BCUT2D eigenvalue weighted by Gasteiger charge is 2.25. The van der Waals surface area contributed by atoms with E-state index in [2.05, 4.69) is 38.7 Å². The fraction of sp³-hybridized carbons (Fsp3) is 0.444. The molecule has 0 saturated carbocycles. The van der Waals surface area contributed by atoms with Crippen LogP contribution in [-0.2, 0) is 12.8 Å². The van der Waals surface area contributed by atoms with Gasteiger partial charge in [0.15, 0.2) is 0 Å². The molecule has 2 aliphatic rings. The largest absolute Gasteiger partial charge is 0.508 e. The number of anilines is 1. The summed E-state index contributed by atoms with van der Waals surface area (Å²) in [4.78, 5) is 12.0. The lowest BCUT2D eigenvalue weighted by Gasteiger charge is -2.39. The lowest BCUT2D eigenvalue weighted by atomic mass is 9.87. The molecule has 1 unspecified atom stereocenters. The van der Waals surface area contributed by atoms with Crippen LogP contribution in [-0.4, -0.2) is 76.9 Å². The van der Waals surface area contributed by atoms with Gasteiger partial charge >= 0.3 is 0 Å². The molecule has 1 fully saturated rings. The third kappa shape index (κ3) is 4.63. The Bertz CT molecular complexity index is 1110. The summed E-state index contributed by atoms with van der Waals surface area (Å²) in [5.41, 5.74) is 4.55. The van der Waals surface area contributed by atoms with Crippen LogP contribution < -0.4 is 4.90 Å². The monoisotopic (exact) mass is 446 g/mol. The number of para-hydroxylation sites is 1. The number of aromatic hydroxyl groups is 2. The van der Waals surface area contributed by atoms with Crippen LogP contribution in [0.4, 0.5) is 5.69 Å². The van der Waals surface area contributed by atoms with Gasteiger partial charge in [0.05, 0.1) is 0 Å². The molecule has 5 rings (SSSR count). The number of hydrogen-bond acceptors (Lipinski definition) is 6. The Balaban J connectivity index is 1.17. The molecule has 3 aromatic rings. The minimum atomic E-state index is 0.244. The van der Waals surface area contributed by atoms with Gasteiger partial charge in [-0.25, -0.2) is 0 Å². The summed E-state index contributed by atoms with van der Waals surface area (Å²) >= 11 is 0. The van der Waals surface area contributed by atoms with E-state index in [-0.39, 0.29) is 5.75 Å². The average Bonchev–Trinajstić information content (AvgIpc) is 2.84. The van der Waals surface area contributed by atoms with E-state index in [1.165, 1.54) is 17.5 Å². The first-order valence-electron chi connectivity index (χ1n) is 12.2. The molecule has 2 aromatic carbocycles. The van der Waals surface area contributed by atoms with Gasteiger partial charge in [-0.2, -0.15) is 0 Å². The highest BCUT2D eigenvalue weighted by molar-refractivity contribution is 5.94. The third-order valence-corrected chi connectivity index (χ3v) is 7.46. The smallest absolute Gasteiger partial charge is 0.141 e. The fourth-order valence-corrected chi connectivity index (χ4v) is 5.54. The molecule has 1 atom stereocenters. The van der Waals surface area contributed by atoms with E-state index in [0.717, 1.165) is 69.7 Å². The van der Waals surface area contributed by atoms with Crippen LogP contribution in [0.1, 0.15) is 24.5 Å². The normalized spacial score (nSPS) is 19.2. The number of phenols is 2. The Kier molecular flexibility index (Phi) is 6.38. The molecule has 6 nitrogen and oxygen atoms in total. The van der Waals surface area contributed by atoms with Crippen LogP contribution in [0.3, 0.4) is 0 Å². The van der Waals surface area contributed by atoms with Crippen molar-refractivity contribution in [2.24, 2.45) is 0 Å². The van der Waals surface area contributed by atoms with Crippen molar-refractivity contribution in [3.05, 3.63) is 59.8 Å². The summed E-state index contributed by atoms with van der Waals surface area (Å²) in [6.45, 7) is 9.55. The van der Waals surface area contributed by atoms with Crippen molar-refractivity contribution in [2.45, 2.75) is 32.2 Å². The summed E-state index contributed by atoms with van der Waals surface area (Å²) in [5.74, 6) is 0.626. The summed E-state index contributed by atoms with van der Waals surface area (Å²) in [5, 5.41) is 21.0. The molecule has 0 bridgehead atoms. The number of pyridine rings is 1. The van der Waals surface area contributed by atoms with E-state index in [1.54, 1.807) is 12.3 Å². The molecular weight excluding hydrogens is 412 g/mol. The standard InChI is InChI=1S/C27H34N4O2/c1-2-30(22-8-6-20-7-9-23(32)19-21(20)18-22)15-12-29-13-16-31(17-14-29)25-10-11-28-27-24(25)4-3-5-26(27)33/h3-5,7,9-11,19,22,32-33H,2,6,8,12-18H2,1H3. The Hall–Kier alpha value is -2.83. The van der Waals surface area contributed by atoms with E-state index in [4.69, 9.17) is 0 Å². The van der Waals surface area contributed by atoms with Crippen LogP contribution >= 0.6 is 0 Å². The molecule has 6 heteroatoms. The van der Waals surface area contributed by atoms with Gasteiger partial charge in [0.25, 0.3) is 0 Å². The van der Waals surface area contributed by atoms with Gasteiger partial charge in [-0.05, 0) is 61.2 Å². The van der Waals surface area contributed by atoms with Crippen LogP contribution in [0.25, 0.3) is 10.9 Å². The van der Waals surface area contributed by atoms with Crippen LogP contribution in [0.15, 0.2) is 48.7 Å². The molecular formula is C27H34N4O2. The highest BCUT2D eigenvalue weighted by atomic mass is 16.3. The predicted octanol–water partition coefficient (Wildman–Crippen LogP) is 3.65. The first-order valence-corrected chi connectivity index (χ1v) is 12.2. The number of aryl methyl sites for hydroxylation is 1. The van der Waals surface area contributed by atoms with E-state index in [1.807, 2.05) is 24.3 Å². The molecule has 1 aromatic heterocycles. The van der Waals surface area contributed by atoms with Gasteiger partial charge in [-0.1, -0.05) is 25.1 Å². The van der Waals surface area contributed by atoms with Crippen molar-refractivity contribution in [1.29, 1.82) is 0 Å². The molecule has 0 radical (unpaired) electrons. The molecule has 174 valence electrons. The molecule has 2 N–H and O–H groups in total. The second-order valence-electron chi connectivity index (χ2n) is 9.31. The van der Waals surface area contributed by atoms with Crippen molar-refractivity contribution in [3.8, 4) is 11.5 Å². The van der Waals surface area contributed by atoms with Gasteiger partial charge < -0.3 is 15.1 Å². The molecule has 1 aliphatic heterocycles. The Morgan fingerprint density at radius 2 is 1.88 bits per heavy atom. The number of aromatic nitrogens is 1. The van der Waals surface area contributed by atoms with Crippen LogP contribution in [0.2, 0.25) is 0 Å². The van der Waals surface area contributed by atoms with Gasteiger partial charge in [0.1, 0.15) is 17.0 Å². The number of benzene rings is 2. The van der Waals surface area contributed by atoms with E-state index in [0.29, 0.717) is 17.3 Å².